The molecule has 3 N–H and O–H groups in total. The van der Waals surface area contributed by atoms with Crippen LogP contribution in [0.25, 0.3) is 0 Å². The van der Waals surface area contributed by atoms with E-state index in [4.69, 9.17) is 15.2 Å². The highest BCUT2D eigenvalue weighted by Crippen LogP contribution is 2.51. The highest BCUT2D eigenvalue weighted by Gasteiger charge is 2.62. The number of nitrogens with two attached hydrogens (primary N) is 1. The molecule has 180 valence electrons. The van der Waals surface area contributed by atoms with Crippen molar-refractivity contribution in [2.45, 2.75) is 50.7 Å². The molecule has 0 radical (unpaired) electrons. The number of nitrogens with one attached hydrogen (secondary N) is 1. The van der Waals surface area contributed by atoms with Crippen molar-refractivity contribution in [1.82, 2.24) is 4.90 Å². The minimum Gasteiger partial charge on any atom is -0.494 e. The number of nitrogens with zero attached hydrogens (tertiary/aromatic N) is 2. The Balaban J connectivity index is 1.33. The van der Waals surface area contributed by atoms with Crippen molar-refractivity contribution >= 4 is 27.6 Å². The Labute approximate surface area is 199 Å². The lowest BCUT2D eigenvalue weighted by atomic mass is 9.98. The van der Waals surface area contributed by atoms with Gasteiger partial charge in [-0.05, 0) is 56.0 Å². The largest absolute Gasteiger partial charge is 0.494 e. The third-order valence-corrected chi connectivity index (χ3v) is 7.57. The average Bonchev–Trinajstić information content (AvgIpc) is 3.45. The predicted molar refractivity (Wildman–Crippen MR) is 128 cm³/mol. The molecule has 2 heterocycles. The number of amides is 1. The molecule has 0 aromatic heterocycles. The summed E-state index contributed by atoms with van der Waals surface area (Å²) >= 11 is 0. The van der Waals surface area contributed by atoms with Crippen molar-refractivity contribution in [1.29, 1.82) is 0 Å². The number of hydrogen-bond donors (Lipinski definition) is 2. The molecule has 1 amide bonds. The van der Waals surface area contributed by atoms with Gasteiger partial charge in [0.05, 0.1) is 29.8 Å². The lowest BCUT2D eigenvalue weighted by molar-refractivity contribution is -0.136. The summed E-state index contributed by atoms with van der Waals surface area (Å²) in [7, 11) is -3.86. The number of carbonyl (C=O) groups excluding carboxylic acids is 1. The van der Waals surface area contributed by atoms with Crippen LogP contribution in [0.3, 0.4) is 0 Å². The lowest BCUT2D eigenvalue weighted by Crippen LogP contribution is -2.49. The van der Waals surface area contributed by atoms with Crippen molar-refractivity contribution in [2.24, 2.45) is 10.1 Å². The molecule has 2 aromatic carbocycles. The Hall–Kier alpha value is -3.27. The van der Waals surface area contributed by atoms with Crippen LogP contribution >= 0.6 is 0 Å². The van der Waals surface area contributed by atoms with Gasteiger partial charge in [-0.2, -0.15) is 8.42 Å². The SMILES string of the molecule is CCOc1ccc(CC(=O)N2CCCCC23C[C@H]3Oc2cccc3c2C(N)=NS(=O)(=O)N3)cc1. The Morgan fingerprint density at radius 3 is 2.79 bits per heavy atom. The fourth-order valence-electron chi connectivity index (χ4n) is 5.00. The van der Waals surface area contributed by atoms with Gasteiger partial charge in [-0.25, -0.2) is 0 Å². The Morgan fingerprint density at radius 1 is 1.24 bits per heavy atom. The monoisotopic (exact) mass is 484 g/mol. The highest BCUT2D eigenvalue weighted by molar-refractivity contribution is 7.91. The smallest absolute Gasteiger partial charge is 0.344 e. The second-order valence-corrected chi connectivity index (χ2v) is 10.2. The molecule has 2 atom stereocenters. The Morgan fingerprint density at radius 2 is 2.03 bits per heavy atom. The third kappa shape index (κ3) is 4.18. The number of rotatable bonds is 6. The Kier molecular flexibility index (Phi) is 5.63. The fraction of sp³-hybridized carbons (Fsp3) is 0.417. The van der Waals surface area contributed by atoms with Crippen LogP contribution in [0.5, 0.6) is 11.5 Å². The number of ether oxygens (including phenoxy) is 2. The zero-order valence-corrected chi connectivity index (χ0v) is 19.8. The second-order valence-electron chi connectivity index (χ2n) is 8.90. The maximum atomic E-state index is 13.3. The molecule has 1 spiro atoms. The van der Waals surface area contributed by atoms with Crippen molar-refractivity contribution in [3.8, 4) is 11.5 Å². The number of anilines is 1. The van der Waals surface area contributed by atoms with Crippen LogP contribution in [0.15, 0.2) is 46.9 Å². The Bertz CT molecular complexity index is 1240. The van der Waals surface area contributed by atoms with Crippen molar-refractivity contribution in [2.75, 3.05) is 17.9 Å². The predicted octanol–water partition coefficient (Wildman–Crippen LogP) is 2.61. The highest BCUT2D eigenvalue weighted by atomic mass is 32.2. The number of piperidine rings is 1. The van der Waals surface area contributed by atoms with E-state index in [0.717, 1.165) is 37.0 Å². The van der Waals surface area contributed by atoms with E-state index in [1.54, 1.807) is 18.2 Å². The zero-order valence-electron chi connectivity index (χ0n) is 19.0. The van der Waals surface area contributed by atoms with E-state index in [1.165, 1.54) is 0 Å². The summed E-state index contributed by atoms with van der Waals surface area (Å²) < 4.78 is 41.5. The van der Waals surface area contributed by atoms with Gasteiger partial charge < -0.3 is 20.1 Å². The van der Waals surface area contributed by atoms with Crippen LogP contribution in [0, 0.1) is 0 Å². The number of fused-ring (bicyclic) bond motifs is 1. The number of amidine groups is 1. The average molecular weight is 485 g/mol. The maximum Gasteiger partial charge on any atom is 0.344 e. The number of carbonyl (C=O) groups is 1. The van der Waals surface area contributed by atoms with Crippen LogP contribution < -0.4 is 19.9 Å². The van der Waals surface area contributed by atoms with E-state index in [2.05, 4.69) is 9.12 Å². The van der Waals surface area contributed by atoms with Crippen LogP contribution in [0.2, 0.25) is 0 Å². The third-order valence-electron chi connectivity index (χ3n) is 6.66. The normalized spacial score (nSPS) is 24.6. The summed E-state index contributed by atoms with van der Waals surface area (Å²) in [6, 6.07) is 12.7. The number of benzene rings is 2. The van der Waals surface area contributed by atoms with Gasteiger partial charge in [0.25, 0.3) is 0 Å². The van der Waals surface area contributed by atoms with Gasteiger partial charge in [0, 0.05) is 13.0 Å². The fourth-order valence-corrected chi connectivity index (χ4v) is 5.85. The maximum absolute atomic E-state index is 13.3. The molecule has 1 saturated carbocycles. The van der Waals surface area contributed by atoms with E-state index in [9.17, 15) is 13.2 Å². The van der Waals surface area contributed by atoms with Crippen LogP contribution in [-0.2, 0) is 21.4 Å². The topological polar surface area (TPSA) is 123 Å². The van der Waals surface area contributed by atoms with Crippen molar-refractivity contribution in [3.63, 3.8) is 0 Å². The lowest BCUT2D eigenvalue weighted by Gasteiger charge is -2.37. The summed E-state index contributed by atoms with van der Waals surface area (Å²) in [5.41, 5.74) is 7.33. The molecule has 10 heteroatoms. The summed E-state index contributed by atoms with van der Waals surface area (Å²) in [4.78, 5) is 15.3. The molecule has 1 aliphatic carbocycles. The van der Waals surface area contributed by atoms with Crippen LogP contribution in [0.1, 0.15) is 43.7 Å². The van der Waals surface area contributed by atoms with E-state index < -0.39 is 10.2 Å². The minimum atomic E-state index is -3.86. The first kappa shape index (κ1) is 22.5. The summed E-state index contributed by atoms with van der Waals surface area (Å²) in [6.45, 7) is 3.24. The van der Waals surface area contributed by atoms with Gasteiger partial charge in [0.1, 0.15) is 17.6 Å². The number of likely N-dealkylation sites (tertiary alicyclic amines) is 1. The van der Waals surface area contributed by atoms with E-state index in [0.29, 0.717) is 36.6 Å². The van der Waals surface area contributed by atoms with E-state index in [1.807, 2.05) is 36.1 Å². The molecular weight excluding hydrogens is 456 g/mol. The van der Waals surface area contributed by atoms with Crippen molar-refractivity contribution in [3.05, 3.63) is 53.6 Å². The second kappa shape index (κ2) is 8.50. The molecule has 2 aromatic rings. The summed E-state index contributed by atoms with van der Waals surface area (Å²) in [5.74, 6) is 1.23. The van der Waals surface area contributed by atoms with E-state index in [-0.39, 0.29) is 23.4 Å². The zero-order chi connectivity index (χ0) is 23.9. The van der Waals surface area contributed by atoms with Gasteiger partial charge in [-0.15, -0.1) is 4.40 Å². The van der Waals surface area contributed by atoms with Crippen LogP contribution in [0.4, 0.5) is 5.69 Å². The molecule has 5 rings (SSSR count). The molecule has 2 fully saturated rings. The number of hydrogen-bond acceptors (Lipinski definition) is 6. The molecule has 0 bridgehead atoms. The summed E-state index contributed by atoms with van der Waals surface area (Å²) in [5, 5.41) is 0. The van der Waals surface area contributed by atoms with Gasteiger partial charge >= 0.3 is 10.2 Å². The molecule has 9 nitrogen and oxygen atoms in total. The van der Waals surface area contributed by atoms with Crippen LogP contribution in [-0.4, -0.2) is 49.9 Å². The molecule has 34 heavy (non-hydrogen) atoms. The van der Waals surface area contributed by atoms with Gasteiger partial charge in [0.2, 0.25) is 5.91 Å². The quantitative estimate of drug-likeness (QED) is 0.650. The first-order chi connectivity index (χ1) is 16.3. The standard InChI is InChI=1S/C24H28N4O5S/c1-2-32-17-10-8-16(9-11-17)14-21(29)28-13-4-3-12-24(28)15-20(24)33-19-7-5-6-18-22(19)23(25)27-34(30,31)26-18/h5-11,20,26H,2-4,12-15H2,1H3,(H2,25,27)/t20-,24?/m1/s1. The van der Waals surface area contributed by atoms with Gasteiger partial charge in [-0.1, -0.05) is 18.2 Å². The molecule has 1 unspecified atom stereocenters. The van der Waals surface area contributed by atoms with Gasteiger partial charge in [0.15, 0.2) is 5.84 Å². The van der Waals surface area contributed by atoms with E-state index >= 15 is 0 Å². The molecule has 1 saturated heterocycles. The molecular formula is C24H28N4O5S. The van der Waals surface area contributed by atoms with Gasteiger partial charge in [-0.3, -0.25) is 9.52 Å². The summed E-state index contributed by atoms with van der Waals surface area (Å²) in [6.07, 6.45) is 3.74. The first-order valence-electron chi connectivity index (χ1n) is 11.5. The first-order valence-corrected chi connectivity index (χ1v) is 13.0. The molecule has 2 aliphatic heterocycles. The molecule has 3 aliphatic rings. The van der Waals surface area contributed by atoms with Crippen molar-refractivity contribution < 1.29 is 22.7 Å². The minimum absolute atomic E-state index is 0.0823.